The first-order valence-corrected chi connectivity index (χ1v) is 10.8. The molecule has 0 N–H and O–H groups in total. The van der Waals surface area contributed by atoms with Crippen molar-refractivity contribution in [2.24, 2.45) is 10.9 Å². The molecule has 0 aromatic heterocycles. The normalized spacial score (nSPS) is 13.2. The number of hydrogen-bond acceptors (Lipinski definition) is 3. The van der Waals surface area contributed by atoms with Crippen LogP contribution in [0.25, 0.3) is 0 Å². The Labute approximate surface area is 179 Å². The molecule has 2 nitrogen and oxygen atoms in total. The number of ether oxygens (including phenoxy) is 1. The molecule has 1 aromatic carbocycles. The third-order valence-electron chi connectivity index (χ3n) is 3.38. The van der Waals surface area contributed by atoms with Crippen molar-refractivity contribution < 1.29 is 13.5 Å². The quantitative estimate of drug-likeness (QED) is 0.0834. The van der Waals surface area contributed by atoms with Crippen molar-refractivity contribution in [1.82, 2.24) is 0 Å². The zero-order valence-corrected chi connectivity index (χ0v) is 18.9. The summed E-state index contributed by atoms with van der Waals surface area (Å²) in [5.74, 6) is 0.859. The summed E-state index contributed by atoms with van der Waals surface area (Å²) in [6.07, 6.45) is 7.06. The number of allylic oxidation sites excluding steroid dienone is 4. The van der Waals surface area contributed by atoms with Crippen molar-refractivity contribution in [3.8, 4) is 0 Å². The van der Waals surface area contributed by atoms with E-state index >= 15 is 0 Å². The average Bonchev–Trinajstić information content (AvgIpc) is 2.61. The van der Waals surface area contributed by atoms with Crippen LogP contribution in [-0.4, -0.2) is 17.4 Å². The number of rotatable bonds is 10. The van der Waals surface area contributed by atoms with E-state index in [4.69, 9.17) is 4.74 Å². The highest BCUT2D eigenvalue weighted by molar-refractivity contribution is 14.1. The van der Waals surface area contributed by atoms with Crippen LogP contribution in [0.3, 0.4) is 0 Å². The van der Waals surface area contributed by atoms with Crippen LogP contribution >= 0.6 is 34.4 Å². The maximum Gasteiger partial charge on any atom is 0.133 e. The van der Waals surface area contributed by atoms with Crippen molar-refractivity contribution >= 4 is 39.4 Å². The highest BCUT2D eigenvalue weighted by Gasteiger charge is 2.12. The monoisotopic (exact) mass is 505 g/mol. The third-order valence-corrected chi connectivity index (χ3v) is 4.95. The molecule has 0 aliphatic carbocycles. The SMILES string of the molecule is C=CCC/C(OCCSC(=N/C=C\C(C)C)c1cc(F)ccc1F)=C(/C)I. The summed E-state index contributed by atoms with van der Waals surface area (Å²) >= 11 is 3.59. The number of benzene rings is 1. The molecule has 0 aliphatic heterocycles. The lowest BCUT2D eigenvalue weighted by atomic mass is 10.2. The topological polar surface area (TPSA) is 21.6 Å². The summed E-state index contributed by atoms with van der Waals surface area (Å²) in [6, 6.07) is 3.41. The van der Waals surface area contributed by atoms with Crippen molar-refractivity contribution in [2.45, 2.75) is 33.6 Å². The number of aliphatic imine (C=N–C) groups is 1. The number of hydrogen-bond donors (Lipinski definition) is 0. The first kappa shape index (κ1) is 23.9. The van der Waals surface area contributed by atoms with E-state index in [0.717, 1.165) is 34.3 Å². The standard InChI is InChI=1S/C21H26F2INOS/c1-5-6-7-20(16(4)24)26-12-13-27-21(25-11-10-15(2)3)18-14-17(22)8-9-19(18)23/h5,8-11,14-15H,1,6-7,12-13H2,2-4H3/b11-10-,20-16+,25-21?. The van der Waals surface area contributed by atoms with Crippen molar-refractivity contribution in [1.29, 1.82) is 0 Å². The molecule has 0 aliphatic rings. The van der Waals surface area contributed by atoms with Gasteiger partial charge < -0.3 is 4.74 Å². The Morgan fingerprint density at radius 1 is 1.37 bits per heavy atom. The molecule has 0 saturated carbocycles. The van der Waals surface area contributed by atoms with E-state index in [1.54, 1.807) is 6.20 Å². The summed E-state index contributed by atoms with van der Waals surface area (Å²) in [5, 5.41) is 0.440. The molecule has 0 radical (unpaired) electrons. The Morgan fingerprint density at radius 3 is 2.74 bits per heavy atom. The molecule has 0 fully saturated rings. The van der Waals surface area contributed by atoms with Gasteiger partial charge in [0.25, 0.3) is 0 Å². The molecule has 27 heavy (non-hydrogen) atoms. The first-order chi connectivity index (χ1) is 12.8. The Balaban J connectivity index is 2.82. The molecule has 0 spiro atoms. The van der Waals surface area contributed by atoms with Crippen LogP contribution in [-0.2, 0) is 4.74 Å². The summed E-state index contributed by atoms with van der Waals surface area (Å²) in [7, 11) is 0. The molecule has 0 atom stereocenters. The van der Waals surface area contributed by atoms with Crippen molar-refractivity contribution in [3.63, 3.8) is 0 Å². The lowest BCUT2D eigenvalue weighted by molar-refractivity contribution is 0.221. The minimum atomic E-state index is -0.490. The summed E-state index contributed by atoms with van der Waals surface area (Å²) < 4.78 is 34.7. The van der Waals surface area contributed by atoms with Gasteiger partial charge in [-0.15, -0.1) is 18.3 Å². The lowest BCUT2D eigenvalue weighted by Gasteiger charge is -2.12. The molecule has 0 saturated heterocycles. The fourth-order valence-electron chi connectivity index (χ4n) is 2.01. The van der Waals surface area contributed by atoms with Gasteiger partial charge in [0.1, 0.15) is 22.4 Å². The van der Waals surface area contributed by atoms with Gasteiger partial charge in [-0.3, -0.25) is 0 Å². The van der Waals surface area contributed by atoms with Crippen LogP contribution in [0.2, 0.25) is 0 Å². The Morgan fingerprint density at radius 2 is 2.11 bits per heavy atom. The fourth-order valence-corrected chi connectivity index (χ4v) is 3.24. The number of nitrogens with zero attached hydrogens (tertiary/aromatic N) is 1. The second kappa shape index (κ2) is 13.1. The predicted octanol–water partition coefficient (Wildman–Crippen LogP) is 7.26. The van der Waals surface area contributed by atoms with Crippen LogP contribution in [0.4, 0.5) is 8.78 Å². The van der Waals surface area contributed by atoms with Gasteiger partial charge in [0.15, 0.2) is 0 Å². The van der Waals surface area contributed by atoms with Crippen LogP contribution in [0, 0.1) is 17.6 Å². The van der Waals surface area contributed by atoms with E-state index in [9.17, 15) is 8.78 Å². The highest BCUT2D eigenvalue weighted by Crippen LogP contribution is 2.21. The van der Waals surface area contributed by atoms with Crippen LogP contribution in [0.5, 0.6) is 0 Å². The number of halogens is 3. The average molecular weight is 505 g/mol. The fraction of sp³-hybridized carbons (Fsp3) is 0.381. The Bertz CT molecular complexity index is 710. The van der Waals surface area contributed by atoms with Gasteiger partial charge in [0, 0.05) is 27.5 Å². The smallest absolute Gasteiger partial charge is 0.133 e. The Kier molecular flexibility index (Phi) is 11.6. The minimum absolute atomic E-state index is 0.168. The molecule has 6 heteroatoms. The molecular weight excluding hydrogens is 479 g/mol. The van der Waals surface area contributed by atoms with E-state index in [-0.39, 0.29) is 5.56 Å². The highest BCUT2D eigenvalue weighted by atomic mass is 127. The van der Waals surface area contributed by atoms with Gasteiger partial charge in [-0.2, -0.15) is 0 Å². The second-order valence-corrected chi connectivity index (χ2v) is 8.83. The maximum atomic E-state index is 14.2. The van der Waals surface area contributed by atoms with Gasteiger partial charge >= 0.3 is 0 Å². The van der Waals surface area contributed by atoms with Gasteiger partial charge in [0.2, 0.25) is 0 Å². The molecule has 148 valence electrons. The summed E-state index contributed by atoms with van der Waals surface area (Å²) in [5.41, 5.74) is 0.168. The van der Waals surface area contributed by atoms with Gasteiger partial charge in [0.05, 0.1) is 6.61 Å². The predicted molar refractivity (Wildman–Crippen MR) is 121 cm³/mol. The van der Waals surface area contributed by atoms with Crippen LogP contribution < -0.4 is 0 Å². The van der Waals surface area contributed by atoms with E-state index in [2.05, 4.69) is 34.2 Å². The molecule has 0 heterocycles. The third kappa shape index (κ3) is 9.55. The zero-order valence-electron chi connectivity index (χ0n) is 16.0. The van der Waals surface area contributed by atoms with Gasteiger partial charge in [-0.1, -0.05) is 26.0 Å². The van der Waals surface area contributed by atoms with E-state index in [1.807, 2.05) is 32.9 Å². The zero-order chi connectivity index (χ0) is 20.2. The summed E-state index contributed by atoms with van der Waals surface area (Å²) in [4.78, 5) is 4.35. The van der Waals surface area contributed by atoms with Crippen LogP contribution in [0.15, 0.2) is 57.5 Å². The minimum Gasteiger partial charge on any atom is -0.496 e. The van der Waals surface area contributed by atoms with Crippen molar-refractivity contribution in [3.05, 3.63) is 69.7 Å². The van der Waals surface area contributed by atoms with E-state index in [1.165, 1.54) is 17.8 Å². The molecular formula is C21H26F2INOS. The molecule has 1 rings (SSSR count). The van der Waals surface area contributed by atoms with E-state index in [0.29, 0.717) is 23.3 Å². The molecule has 0 bridgehead atoms. The lowest BCUT2D eigenvalue weighted by Crippen LogP contribution is -2.05. The first-order valence-electron chi connectivity index (χ1n) is 8.76. The van der Waals surface area contributed by atoms with E-state index < -0.39 is 11.6 Å². The molecule has 0 unspecified atom stereocenters. The van der Waals surface area contributed by atoms with Crippen molar-refractivity contribution in [2.75, 3.05) is 12.4 Å². The van der Waals surface area contributed by atoms with Gasteiger partial charge in [-0.25, -0.2) is 13.8 Å². The molecule has 0 amide bonds. The molecule has 1 aromatic rings. The van der Waals surface area contributed by atoms with Crippen LogP contribution in [0.1, 0.15) is 39.2 Å². The second-order valence-electron chi connectivity index (χ2n) is 6.12. The Hall–Kier alpha value is -1.15. The largest absolute Gasteiger partial charge is 0.496 e. The number of thioether (sulfide) groups is 1. The summed E-state index contributed by atoms with van der Waals surface area (Å²) in [6.45, 7) is 10.2. The van der Waals surface area contributed by atoms with Gasteiger partial charge in [-0.05, 0) is 60.1 Å². The maximum absolute atomic E-state index is 14.2.